The average molecular weight is 483 g/mol. The predicted octanol–water partition coefficient (Wildman–Crippen LogP) is 5.77. The average Bonchev–Trinajstić information content (AvgIpc) is 3.18. The molecule has 0 bridgehead atoms. The number of nitrogens with zero attached hydrogens (tertiary/aromatic N) is 3. The van der Waals surface area contributed by atoms with E-state index in [-0.39, 0.29) is 11.7 Å². The highest BCUT2D eigenvalue weighted by Crippen LogP contribution is 2.32. The molecule has 1 aromatic heterocycles. The molecule has 0 fully saturated rings. The molecule has 0 aliphatic rings. The topological polar surface area (TPSA) is 67.2 Å². The van der Waals surface area contributed by atoms with E-state index in [4.69, 9.17) is 23.2 Å². The van der Waals surface area contributed by atoms with Crippen molar-refractivity contribution in [3.8, 4) is 0 Å². The molecule has 1 amide bonds. The number of rotatable bonds is 8. The maximum absolute atomic E-state index is 12.0. The fourth-order valence-corrected chi connectivity index (χ4v) is 5.35. The van der Waals surface area contributed by atoms with Crippen LogP contribution < -0.4 is 5.43 Å². The Morgan fingerprint density at radius 1 is 1.07 bits per heavy atom. The molecule has 0 spiro atoms. The van der Waals surface area contributed by atoms with Crippen molar-refractivity contribution >= 4 is 69.7 Å². The minimum absolute atomic E-state index is 0.205. The zero-order valence-electron chi connectivity index (χ0n) is 15.3. The minimum atomic E-state index is -0.205. The third-order valence-electron chi connectivity index (χ3n) is 3.63. The number of carbonyl (C=O) groups excluding carboxylic acids is 1. The largest absolute Gasteiger partial charge is 0.272 e. The monoisotopic (exact) mass is 482 g/mol. The van der Waals surface area contributed by atoms with Gasteiger partial charge in [-0.3, -0.25) is 4.79 Å². The number of thioether (sulfide) groups is 2. The molecule has 1 N–H and O–H groups in total. The number of hydrogen-bond donors (Lipinski definition) is 1. The summed E-state index contributed by atoms with van der Waals surface area (Å²) in [6, 6.07) is 15.0. The SMILES string of the molecule is CC(=NNC(=O)CSc1nnc(SCc2ccccc2Cl)s1)c1ccc(Cl)cc1. The molecule has 2 aromatic carbocycles. The minimum Gasteiger partial charge on any atom is -0.272 e. The van der Waals surface area contributed by atoms with Crippen molar-refractivity contribution in [3.63, 3.8) is 0 Å². The first-order valence-corrected chi connectivity index (χ1v) is 12.0. The van der Waals surface area contributed by atoms with Crippen molar-refractivity contribution in [2.45, 2.75) is 21.4 Å². The first kappa shape index (κ1) is 22.1. The Kier molecular flexibility index (Phi) is 8.38. The van der Waals surface area contributed by atoms with E-state index in [1.165, 1.54) is 23.1 Å². The summed E-state index contributed by atoms with van der Waals surface area (Å²) < 4.78 is 1.57. The fourth-order valence-electron chi connectivity index (χ4n) is 2.13. The Morgan fingerprint density at radius 2 is 1.76 bits per heavy atom. The summed E-state index contributed by atoms with van der Waals surface area (Å²) in [5.41, 5.74) is 5.21. The summed E-state index contributed by atoms with van der Waals surface area (Å²) in [6.07, 6.45) is 0. The van der Waals surface area contributed by atoms with Gasteiger partial charge in [-0.25, -0.2) is 5.43 Å². The highest BCUT2D eigenvalue weighted by atomic mass is 35.5. The van der Waals surface area contributed by atoms with E-state index in [0.717, 1.165) is 30.6 Å². The summed E-state index contributed by atoms with van der Waals surface area (Å²) in [4.78, 5) is 12.0. The van der Waals surface area contributed by atoms with Gasteiger partial charge in [-0.1, -0.05) is 88.4 Å². The Hall–Kier alpha value is -1.58. The van der Waals surface area contributed by atoms with Crippen LogP contribution in [0.1, 0.15) is 18.1 Å². The van der Waals surface area contributed by atoms with Gasteiger partial charge in [-0.15, -0.1) is 10.2 Å². The van der Waals surface area contributed by atoms with Crippen LogP contribution in [0.3, 0.4) is 0 Å². The van der Waals surface area contributed by atoms with Gasteiger partial charge in [-0.05, 0) is 36.2 Å². The summed E-state index contributed by atoms with van der Waals surface area (Å²) in [5, 5.41) is 13.8. The lowest BCUT2D eigenvalue weighted by molar-refractivity contribution is -0.118. The zero-order chi connectivity index (χ0) is 20.6. The Bertz CT molecular complexity index is 1010. The summed E-state index contributed by atoms with van der Waals surface area (Å²) in [7, 11) is 0. The molecule has 29 heavy (non-hydrogen) atoms. The Morgan fingerprint density at radius 3 is 2.48 bits per heavy atom. The van der Waals surface area contributed by atoms with Crippen LogP contribution in [-0.4, -0.2) is 27.6 Å². The van der Waals surface area contributed by atoms with Crippen LogP contribution in [0.5, 0.6) is 0 Å². The van der Waals surface area contributed by atoms with Crippen LogP contribution in [0.25, 0.3) is 0 Å². The van der Waals surface area contributed by atoms with Gasteiger partial charge in [0.05, 0.1) is 11.5 Å². The van der Waals surface area contributed by atoms with Gasteiger partial charge < -0.3 is 0 Å². The van der Waals surface area contributed by atoms with Crippen molar-refractivity contribution in [1.29, 1.82) is 0 Å². The smallest absolute Gasteiger partial charge is 0.250 e. The number of aromatic nitrogens is 2. The normalized spacial score (nSPS) is 11.5. The fraction of sp³-hybridized carbons (Fsp3) is 0.158. The molecular weight excluding hydrogens is 467 g/mol. The van der Waals surface area contributed by atoms with Crippen molar-refractivity contribution < 1.29 is 4.79 Å². The van der Waals surface area contributed by atoms with Crippen LogP contribution in [0.15, 0.2) is 62.3 Å². The van der Waals surface area contributed by atoms with Crippen LogP contribution in [0.2, 0.25) is 10.0 Å². The number of hydrazone groups is 1. The summed E-state index contributed by atoms with van der Waals surface area (Å²) in [6.45, 7) is 1.82. The van der Waals surface area contributed by atoms with E-state index in [0.29, 0.717) is 10.7 Å². The van der Waals surface area contributed by atoms with E-state index in [9.17, 15) is 4.79 Å². The first-order valence-electron chi connectivity index (χ1n) is 8.43. The summed E-state index contributed by atoms with van der Waals surface area (Å²) in [5.74, 6) is 0.725. The molecule has 0 atom stereocenters. The van der Waals surface area contributed by atoms with Gasteiger partial charge in [0.15, 0.2) is 8.68 Å². The van der Waals surface area contributed by atoms with E-state index in [1.807, 2.05) is 43.3 Å². The highest BCUT2D eigenvalue weighted by Gasteiger charge is 2.10. The molecular formula is C19H16Cl2N4OS3. The number of benzene rings is 2. The lowest BCUT2D eigenvalue weighted by atomic mass is 10.1. The van der Waals surface area contributed by atoms with Gasteiger partial charge >= 0.3 is 0 Å². The molecule has 0 aliphatic carbocycles. The molecule has 10 heteroatoms. The summed E-state index contributed by atoms with van der Waals surface area (Å²) >= 11 is 16.4. The molecule has 5 nitrogen and oxygen atoms in total. The van der Waals surface area contributed by atoms with Crippen molar-refractivity contribution in [3.05, 3.63) is 69.7 Å². The molecule has 150 valence electrons. The van der Waals surface area contributed by atoms with Crippen molar-refractivity contribution in [2.75, 3.05) is 5.75 Å². The van der Waals surface area contributed by atoms with Crippen LogP contribution in [-0.2, 0) is 10.5 Å². The quantitative estimate of drug-likeness (QED) is 0.250. The maximum Gasteiger partial charge on any atom is 0.250 e. The van der Waals surface area contributed by atoms with Crippen LogP contribution in [0.4, 0.5) is 0 Å². The van der Waals surface area contributed by atoms with E-state index in [2.05, 4.69) is 20.7 Å². The molecule has 3 rings (SSSR count). The van der Waals surface area contributed by atoms with Crippen LogP contribution in [0, 0.1) is 0 Å². The van der Waals surface area contributed by atoms with Gasteiger partial charge in [0.2, 0.25) is 0 Å². The number of carbonyl (C=O) groups is 1. The number of nitrogens with one attached hydrogen (secondary N) is 1. The molecule has 0 saturated carbocycles. The van der Waals surface area contributed by atoms with Gasteiger partial charge in [0.25, 0.3) is 5.91 Å². The molecule has 0 radical (unpaired) electrons. The Labute approximate surface area is 191 Å². The lowest BCUT2D eigenvalue weighted by Gasteiger charge is -2.02. The molecule has 0 saturated heterocycles. The van der Waals surface area contributed by atoms with Gasteiger partial charge in [0, 0.05) is 15.8 Å². The highest BCUT2D eigenvalue weighted by molar-refractivity contribution is 8.03. The van der Waals surface area contributed by atoms with Crippen molar-refractivity contribution in [2.24, 2.45) is 5.10 Å². The predicted molar refractivity (Wildman–Crippen MR) is 123 cm³/mol. The standard InChI is InChI=1S/C19H16Cl2N4OS3/c1-12(13-6-8-15(20)9-7-13)22-23-17(26)11-28-19-25-24-18(29-19)27-10-14-4-2-3-5-16(14)21/h2-9H,10-11H2,1H3,(H,23,26). The van der Waals surface area contributed by atoms with E-state index < -0.39 is 0 Å². The molecule has 1 heterocycles. The number of halogens is 2. The number of amides is 1. The molecule has 0 unspecified atom stereocenters. The second kappa shape index (κ2) is 11.0. The maximum atomic E-state index is 12.0. The lowest BCUT2D eigenvalue weighted by Crippen LogP contribution is -2.21. The molecule has 3 aromatic rings. The third-order valence-corrected chi connectivity index (χ3v) is 7.49. The second-order valence-electron chi connectivity index (χ2n) is 5.74. The van der Waals surface area contributed by atoms with E-state index in [1.54, 1.807) is 23.9 Å². The Balaban J connectivity index is 1.45. The molecule has 0 aliphatic heterocycles. The first-order chi connectivity index (χ1) is 14.0. The third kappa shape index (κ3) is 7.01. The van der Waals surface area contributed by atoms with Gasteiger partial charge in [0.1, 0.15) is 0 Å². The van der Waals surface area contributed by atoms with E-state index >= 15 is 0 Å². The number of hydrogen-bond acceptors (Lipinski definition) is 7. The van der Waals surface area contributed by atoms with Gasteiger partial charge in [-0.2, -0.15) is 5.10 Å². The second-order valence-corrected chi connectivity index (χ2v) is 10.0. The van der Waals surface area contributed by atoms with Crippen LogP contribution >= 0.6 is 58.1 Å². The van der Waals surface area contributed by atoms with Crippen molar-refractivity contribution in [1.82, 2.24) is 15.6 Å². The zero-order valence-corrected chi connectivity index (χ0v) is 19.2.